The molecule has 2 heterocycles. The Balaban J connectivity index is 1.46. The Morgan fingerprint density at radius 2 is 2.07 bits per heavy atom. The summed E-state index contributed by atoms with van der Waals surface area (Å²) in [6.45, 7) is 3.39. The van der Waals surface area contributed by atoms with E-state index in [1.165, 1.54) is 5.56 Å². The third kappa shape index (κ3) is 3.65. The predicted molar refractivity (Wildman–Crippen MR) is 103 cm³/mol. The minimum Gasteiger partial charge on any atom is -0.341 e. The van der Waals surface area contributed by atoms with Gasteiger partial charge in [-0.2, -0.15) is 10.2 Å². The van der Waals surface area contributed by atoms with E-state index in [9.17, 15) is 4.79 Å². The van der Waals surface area contributed by atoms with Crippen LogP contribution in [0.25, 0.3) is 11.5 Å². The number of likely N-dealkylation sites (tertiary alicyclic amines) is 1. The van der Waals surface area contributed by atoms with E-state index in [1.807, 2.05) is 29.2 Å². The summed E-state index contributed by atoms with van der Waals surface area (Å²) in [4.78, 5) is 18.9. The summed E-state index contributed by atoms with van der Waals surface area (Å²) >= 11 is 0. The van der Waals surface area contributed by atoms with Crippen LogP contribution in [0, 0.1) is 11.3 Å². The van der Waals surface area contributed by atoms with Gasteiger partial charge in [-0.1, -0.05) is 48.5 Å². The summed E-state index contributed by atoms with van der Waals surface area (Å²) in [5.74, 6) is 1.22. The number of nitrogens with zero attached hydrogens (tertiary/aromatic N) is 4. The Morgan fingerprint density at radius 3 is 2.86 bits per heavy atom. The van der Waals surface area contributed by atoms with Crippen LogP contribution in [0.15, 0.2) is 59.1 Å². The fraction of sp³-hybridized carbons (Fsp3) is 0.273. The lowest BCUT2D eigenvalue weighted by Gasteiger charge is -2.21. The highest BCUT2D eigenvalue weighted by atomic mass is 16.5. The van der Waals surface area contributed by atoms with Gasteiger partial charge in [0, 0.05) is 31.0 Å². The monoisotopic (exact) mass is 372 g/mol. The molecular formula is C22H20N4O2. The third-order valence-electron chi connectivity index (χ3n) is 5.12. The zero-order valence-electron chi connectivity index (χ0n) is 15.6. The molecule has 1 aromatic heterocycles. The molecule has 1 fully saturated rings. The van der Waals surface area contributed by atoms with Crippen molar-refractivity contribution in [1.29, 1.82) is 5.26 Å². The van der Waals surface area contributed by atoms with E-state index < -0.39 is 0 Å². The standard InChI is InChI=1S/C22H20N4O2/c1-15(17-7-3-2-4-8-17)13-26-14-19(11-20(26)27)21-24-22(28-25-21)18-9-5-6-16(10-18)12-23/h2-10,15,19H,11,13-14H2,1H3. The quantitative estimate of drug-likeness (QED) is 0.681. The molecule has 2 aromatic carbocycles. The highest BCUT2D eigenvalue weighted by molar-refractivity contribution is 5.79. The predicted octanol–water partition coefficient (Wildman–Crippen LogP) is 3.73. The number of carbonyl (C=O) groups is 1. The van der Waals surface area contributed by atoms with Gasteiger partial charge in [-0.15, -0.1) is 0 Å². The number of carbonyl (C=O) groups excluding carboxylic acids is 1. The summed E-state index contributed by atoms with van der Waals surface area (Å²) < 4.78 is 5.38. The molecule has 4 rings (SSSR count). The van der Waals surface area contributed by atoms with E-state index in [2.05, 4.69) is 35.3 Å². The number of aromatic nitrogens is 2. The molecule has 0 radical (unpaired) electrons. The van der Waals surface area contributed by atoms with E-state index in [0.29, 0.717) is 42.4 Å². The first-order chi connectivity index (χ1) is 13.6. The molecule has 6 heteroatoms. The summed E-state index contributed by atoms with van der Waals surface area (Å²) in [5.41, 5.74) is 2.46. The lowest BCUT2D eigenvalue weighted by molar-refractivity contribution is -0.127. The summed E-state index contributed by atoms with van der Waals surface area (Å²) in [6, 6.07) is 19.3. The van der Waals surface area contributed by atoms with Gasteiger partial charge in [-0.05, 0) is 29.7 Å². The summed E-state index contributed by atoms with van der Waals surface area (Å²) in [7, 11) is 0. The van der Waals surface area contributed by atoms with E-state index >= 15 is 0 Å². The molecule has 0 spiro atoms. The van der Waals surface area contributed by atoms with Crippen LogP contribution in [0.3, 0.4) is 0 Å². The molecule has 2 atom stereocenters. The topological polar surface area (TPSA) is 83.0 Å². The Kier molecular flexibility index (Phi) is 4.90. The highest BCUT2D eigenvalue weighted by Gasteiger charge is 2.34. The van der Waals surface area contributed by atoms with E-state index in [1.54, 1.807) is 18.2 Å². The van der Waals surface area contributed by atoms with Gasteiger partial charge in [-0.3, -0.25) is 4.79 Å². The van der Waals surface area contributed by atoms with Gasteiger partial charge in [0.1, 0.15) is 0 Å². The molecule has 1 saturated heterocycles. The van der Waals surface area contributed by atoms with Gasteiger partial charge in [0.15, 0.2) is 5.82 Å². The van der Waals surface area contributed by atoms with E-state index in [-0.39, 0.29) is 17.7 Å². The number of amides is 1. The van der Waals surface area contributed by atoms with Crippen molar-refractivity contribution < 1.29 is 9.32 Å². The van der Waals surface area contributed by atoms with Gasteiger partial charge in [0.05, 0.1) is 11.6 Å². The first-order valence-corrected chi connectivity index (χ1v) is 9.31. The maximum atomic E-state index is 12.5. The fourth-order valence-electron chi connectivity index (χ4n) is 3.58. The Hall–Kier alpha value is -3.46. The van der Waals surface area contributed by atoms with Gasteiger partial charge in [0.2, 0.25) is 5.91 Å². The minimum absolute atomic E-state index is 0.0767. The maximum absolute atomic E-state index is 12.5. The highest BCUT2D eigenvalue weighted by Crippen LogP contribution is 2.30. The number of hydrogen-bond acceptors (Lipinski definition) is 5. The molecule has 0 N–H and O–H groups in total. The van der Waals surface area contributed by atoms with Crippen LogP contribution in [0.1, 0.15) is 42.1 Å². The lowest BCUT2D eigenvalue weighted by Crippen LogP contribution is -2.29. The maximum Gasteiger partial charge on any atom is 0.257 e. The van der Waals surface area contributed by atoms with Crippen LogP contribution in [-0.2, 0) is 4.79 Å². The van der Waals surface area contributed by atoms with Crippen molar-refractivity contribution in [1.82, 2.24) is 15.0 Å². The van der Waals surface area contributed by atoms with Crippen molar-refractivity contribution >= 4 is 5.91 Å². The van der Waals surface area contributed by atoms with Crippen LogP contribution in [0.4, 0.5) is 0 Å². The van der Waals surface area contributed by atoms with Crippen LogP contribution in [-0.4, -0.2) is 34.0 Å². The number of hydrogen-bond donors (Lipinski definition) is 0. The largest absolute Gasteiger partial charge is 0.341 e. The molecule has 2 unspecified atom stereocenters. The molecule has 140 valence electrons. The molecule has 1 aliphatic heterocycles. The molecule has 0 aliphatic carbocycles. The second-order valence-corrected chi connectivity index (χ2v) is 7.16. The van der Waals surface area contributed by atoms with Crippen LogP contribution in [0.2, 0.25) is 0 Å². The third-order valence-corrected chi connectivity index (χ3v) is 5.12. The smallest absolute Gasteiger partial charge is 0.257 e. The number of benzene rings is 2. The zero-order chi connectivity index (χ0) is 19.5. The van der Waals surface area contributed by atoms with Crippen LogP contribution in [0.5, 0.6) is 0 Å². The fourth-order valence-corrected chi connectivity index (χ4v) is 3.58. The van der Waals surface area contributed by atoms with Crippen LogP contribution >= 0.6 is 0 Å². The Labute approximate surface area is 163 Å². The Morgan fingerprint density at radius 1 is 1.25 bits per heavy atom. The van der Waals surface area contributed by atoms with Crippen molar-refractivity contribution in [2.24, 2.45) is 0 Å². The first-order valence-electron chi connectivity index (χ1n) is 9.31. The average Bonchev–Trinajstić information content (AvgIpc) is 3.36. The second-order valence-electron chi connectivity index (χ2n) is 7.16. The molecule has 1 aliphatic rings. The number of nitriles is 1. The van der Waals surface area contributed by atoms with Crippen molar-refractivity contribution in [2.75, 3.05) is 13.1 Å². The number of rotatable bonds is 5. The van der Waals surface area contributed by atoms with Crippen molar-refractivity contribution in [2.45, 2.75) is 25.2 Å². The Bertz CT molecular complexity index is 1020. The summed E-state index contributed by atoms with van der Waals surface area (Å²) in [6.07, 6.45) is 0.388. The molecule has 3 aromatic rings. The van der Waals surface area contributed by atoms with Gasteiger partial charge in [-0.25, -0.2) is 0 Å². The lowest BCUT2D eigenvalue weighted by atomic mass is 10.0. The zero-order valence-corrected chi connectivity index (χ0v) is 15.6. The van der Waals surface area contributed by atoms with Gasteiger partial charge in [0.25, 0.3) is 5.89 Å². The molecule has 28 heavy (non-hydrogen) atoms. The van der Waals surface area contributed by atoms with Crippen molar-refractivity contribution in [3.63, 3.8) is 0 Å². The normalized spacial score (nSPS) is 17.5. The van der Waals surface area contributed by atoms with E-state index in [4.69, 9.17) is 9.78 Å². The molecule has 0 bridgehead atoms. The molecule has 1 amide bonds. The minimum atomic E-state index is -0.0767. The van der Waals surface area contributed by atoms with E-state index in [0.717, 1.165) is 0 Å². The van der Waals surface area contributed by atoms with Crippen LogP contribution < -0.4 is 0 Å². The SMILES string of the molecule is CC(CN1CC(c2noc(-c3cccc(C#N)c3)n2)CC1=O)c1ccccc1. The molecular weight excluding hydrogens is 352 g/mol. The molecule has 0 saturated carbocycles. The average molecular weight is 372 g/mol. The van der Waals surface area contributed by atoms with Crippen molar-refractivity contribution in [3.8, 4) is 17.5 Å². The summed E-state index contributed by atoms with van der Waals surface area (Å²) in [5, 5.41) is 13.1. The van der Waals surface area contributed by atoms with Gasteiger partial charge >= 0.3 is 0 Å². The van der Waals surface area contributed by atoms with Gasteiger partial charge < -0.3 is 9.42 Å². The molecule has 6 nitrogen and oxygen atoms in total. The first kappa shape index (κ1) is 17.9. The van der Waals surface area contributed by atoms with Crippen molar-refractivity contribution in [3.05, 3.63) is 71.5 Å². The second kappa shape index (κ2) is 7.65.